The molecule has 12 heteroatoms. The topological polar surface area (TPSA) is 111 Å². The van der Waals surface area contributed by atoms with Crippen LogP contribution in [0.15, 0.2) is 65.6 Å². The second kappa shape index (κ2) is 15.4. The van der Waals surface area contributed by atoms with Gasteiger partial charge in [0.1, 0.15) is 19.0 Å². The van der Waals surface area contributed by atoms with Gasteiger partial charge in [0.25, 0.3) is 11.1 Å². The molecule has 230 valence electrons. The number of nitrogens with one attached hydrogen (secondary N) is 1. The van der Waals surface area contributed by atoms with Crippen molar-refractivity contribution in [3.63, 3.8) is 0 Å². The summed E-state index contributed by atoms with van der Waals surface area (Å²) in [7, 11) is 0. The smallest absolute Gasteiger partial charge is 0.339 e. The molecule has 0 bridgehead atoms. The van der Waals surface area contributed by atoms with E-state index in [2.05, 4.69) is 5.32 Å². The number of esters is 1. The minimum absolute atomic E-state index is 0.00652. The van der Waals surface area contributed by atoms with Crippen molar-refractivity contribution in [1.29, 1.82) is 0 Å². The van der Waals surface area contributed by atoms with Crippen molar-refractivity contribution in [3.05, 3.63) is 93.1 Å². The molecule has 9 nitrogen and oxygen atoms in total. The number of benzene rings is 3. The van der Waals surface area contributed by atoms with E-state index in [1.54, 1.807) is 43.3 Å². The van der Waals surface area contributed by atoms with Crippen LogP contribution >= 0.6 is 23.4 Å². The van der Waals surface area contributed by atoms with E-state index in [1.807, 2.05) is 6.92 Å². The van der Waals surface area contributed by atoms with Crippen LogP contribution in [0.2, 0.25) is 5.02 Å². The molecule has 1 aliphatic heterocycles. The van der Waals surface area contributed by atoms with E-state index >= 15 is 0 Å². The maximum atomic E-state index is 14.0. The van der Waals surface area contributed by atoms with E-state index in [0.29, 0.717) is 47.4 Å². The first kappa shape index (κ1) is 32.6. The minimum atomic E-state index is -0.642. The quantitative estimate of drug-likeness (QED) is 0.120. The van der Waals surface area contributed by atoms with Gasteiger partial charge < -0.3 is 19.5 Å². The van der Waals surface area contributed by atoms with Crippen LogP contribution in [-0.4, -0.2) is 47.7 Å². The summed E-state index contributed by atoms with van der Waals surface area (Å²) in [6.07, 6.45) is 3.08. The number of carbonyl (C=O) groups is 4. The molecular weight excluding hydrogens is 611 g/mol. The molecule has 44 heavy (non-hydrogen) atoms. The summed E-state index contributed by atoms with van der Waals surface area (Å²) in [5.74, 6) is -1.51. The van der Waals surface area contributed by atoms with E-state index in [1.165, 1.54) is 30.3 Å². The first-order valence-corrected chi connectivity index (χ1v) is 15.0. The van der Waals surface area contributed by atoms with Crippen LogP contribution in [0.3, 0.4) is 0 Å². The Balaban J connectivity index is 1.41. The van der Waals surface area contributed by atoms with Crippen molar-refractivity contribution in [3.8, 4) is 11.5 Å². The van der Waals surface area contributed by atoms with Crippen LogP contribution in [0.4, 0.5) is 14.9 Å². The molecular formula is C32H30ClFN2O7S. The molecule has 1 N–H and O–H groups in total. The van der Waals surface area contributed by atoms with Gasteiger partial charge in [0.05, 0.1) is 28.7 Å². The minimum Gasteiger partial charge on any atom is -0.490 e. The second-order valence-electron chi connectivity index (χ2n) is 9.52. The highest BCUT2D eigenvalue weighted by Crippen LogP contribution is 2.35. The number of rotatable bonds is 13. The highest BCUT2D eigenvalue weighted by molar-refractivity contribution is 8.18. The van der Waals surface area contributed by atoms with E-state index in [4.69, 9.17) is 25.8 Å². The molecule has 0 aromatic heterocycles. The predicted molar refractivity (Wildman–Crippen MR) is 166 cm³/mol. The number of carbonyl (C=O) groups excluding carboxylic acids is 4. The number of imide groups is 1. The highest BCUT2D eigenvalue weighted by atomic mass is 35.5. The largest absolute Gasteiger partial charge is 0.490 e. The Hall–Kier alpha value is -4.35. The van der Waals surface area contributed by atoms with Gasteiger partial charge in [0.2, 0.25) is 5.91 Å². The zero-order valence-electron chi connectivity index (χ0n) is 24.1. The van der Waals surface area contributed by atoms with Crippen molar-refractivity contribution < 1.29 is 37.8 Å². The SMILES string of the molecule is CCCCOC(=O)c1cc(NC(=O)CN2C(=O)S/C(=C/c3ccc(OCc4ccccc4F)c(OCC)c3)C2=O)ccc1Cl. The van der Waals surface area contributed by atoms with Crippen molar-refractivity contribution in [1.82, 2.24) is 4.90 Å². The molecule has 0 atom stereocenters. The zero-order valence-corrected chi connectivity index (χ0v) is 25.6. The average Bonchev–Trinajstić information content (AvgIpc) is 3.25. The third-order valence-corrected chi connectivity index (χ3v) is 7.52. The summed E-state index contributed by atoms with van der Waals surface area (Å²) >= 11 is 6.83. The number of ether oxygens (including phenoxy) is 3. The van der Waals surface area contributed by atoms with Crippen LogP contribution in [0.5, 0.6) is 11.5 Å². The van der Waals surface area contributed by atoms with Gasteiger partial charge >= 0.3 is 5.97 Å². The Morgan fingerprint density at radius 1 is 1.02 bits per heavy atom. The molecule has 1 saturated heterocycles. The molecule has 3 amide bonds. The fraction of sp³-hybridized carbons (Fsp3) is 0.250. The Morgan fingerprint density at radius 3 is 2.57 bits per heavy atom. The first-order valence-electron chi connectivity index (χ1n) is 13.8. The molecule has 1 fully saturated rings. The monoisotopic (exact) mass is 640 g/mol. The summed E-state index contributed by atoms with van der Waals surface area (Å²) in [4.78, 5) is 51.8. The van der Waals surface area contributed by atoms with Crippen molar-refractivity contribution in [2.24, 2.45) is 0 Å². The molecule has 0 spiro atoms. The van der Waals surface area contributed by atoms with Gasteiger partial charge in [-0.15, -0.1) is 0 Å². The average molecular weight is 641 g/mol. The molecule has 1 heterocycles. The van der Waals surface area contributed by atoms with E-state index in [9.17, 15) is 23.6 Å². The number of hydrogen-bond donors (Lipinski definition) is 1. The highest BCUT2D eigenvalue weighted by Gasteiger charge is 2.36. The molecule has 0 saturated carbocycles. The summed E-state index contributed by atoms with van der Waals surface area (Å²) in [5.41, 5.74) is 1.29. The van der Waals surface area contributed by atoms with Gasteiger partial charge in [-0.05, 0) is 73.1 Å². The van der Waals surface area contributed by atoms with Crippen molar-refractivity contribution >= 4 is 58.1 Å². The molecule has 1 aliphatic rings. The van der Waals surface area contributed by atoms with Crippen LogP contribution < -0.4 is 14.8 Å². The standard InChI is InChI=1S/C32H30ClFN2O7S/c1-3-5-14-42-31(39)23-17-22(11-12-24(23)33)35-29(37)18-36-30(38)28(44-32(36)40)16-20-10-13-26(27(15-20)41-4-2)43-19-21-8-6-7-9-25(21)34/h6-13,15-17H,3-5,14,18-19H2,1-2H3,(H,35,37)/b28-16+. The summed E-state index contributed by atoms with van der Waals surface area (Å²) in [5, 5.41) is 2.14. The molecule has 3 aromatic rings. The lowest BCUT2D eigenvalue weighted by molar-refractivity contribution is -0.127. The third-order valence-electron chi connectivity index (χ3n) is 6.28. The zero-order chi connectivity index (χ0) is 31.6. The number of unbranched alkanes of at least 4 members (excludes halogenated alkanes) is 1. The molecule has 4 rings (SSSR count). The van der Waals surface area contributed by atoms with Gasteiger partial charge in [0.15, 0.2) is 11.5 Å². The van der Waals surface area contributed by atoms with Gasteiger partial charge in [0, 0.05) is 11.3 Å². The Labute approximate surface area is 263 Å². The second-order valence-corrected chi connectivity index (χ2v) is 10.9. The van der Waals surface area contributed by atoms with Crippen LogP contribution in [0.25, 0.3) is 6.08 Å². The Bertz CT molecular complexity index is 1600. The molecule has 0 unspecified atom stereocenters. The normalized spacial score (nSPS) is 13.7. The van der Waals surface area contributed by atoms with Crippen LogP contribution in [0.1, 0.15) is 48.2 Å². The van der Waals surface area contributed by atoms with Gasteiger partial charge in [-0.1, -0.05) is 49.2 Å². The van der Waals surface area contributed by atoms with Crippen LogP contribution in [-0.2, 0) is 20.9 Å². The number of halogens is 2. The van der Waals surface area contributed by atoms with Crippen LogP contribution in [0, 0.1) is 5.82 Å². The molecule has 0 radical (unpaired) electrons. The summed E-state index contributed by atoms with van der Waals surface area (Å²) in [6.45, 7) is 3.80. The molecule has 3 aromatic carbocycles. The number of amides is 3. The Kier molecular flexibility index (Phi) is 11.4. The fourth-order valence-electron chi connectivity index (χ4n) is 4.05. The lowest BCUT2D eigenvalue weighted by atomic mass is 10.1. The third kappa shape index (κ3) is 8.39. The predicted octanol–water partition coefficient (Wildman–Crippen LogP) is 7.09. The number of hydrogen-bond acceptors (Lipinski definition) is 8. The summed E-state index contributed by atoms with van der Waals surface area (Å²) < 4.78 is 30.7. The van der Waals surface area contributed by atoms with Crippen molar-refractivity contribution in [2.45, 2.75) is 33.3 Å². The van der Waals surface area contributed by atoms with Gasteiger partial charge in [-0.25, -0.2) is 9.18 Å². The fourth-order valence-corrected chi connectivity index (χ4v) is 5.08. The van der Waals surface area contributed by atoms with Gasteiger partial charge in [-0.2, -0.15) is 0 Å². The Morgan fingerprint density at radius 2 is 1.82 bits per heavy atom. The number of anilines is 1. The maximum Gasteiger partial charge on any atom is 0.339 e. The van der Waals surface area contributed by atoms with Crippen molar-refractivity contribution in [2.75, 3.05) is 25.1 Å². The first-order chi connectivity index (χ1) is 21.2. The summed E-state index contributed by atoms with van der Waals surface area (Å²) in [6, 6.07) is 15.6. The lowest BCUT2D eigenvalue weighted by Gasteiger charge is -2.14. The number of nitrogens with zero attached hydrogens (tertiary/aromatic N) is 1. The van der Waals surface area contributed by atoms with E-state index in [-0.39, 0.29) is 40.2 Å². The molecule has 0 aliphatic carbocycles. The number of thioether (sulfide) groups is 1. The lowest BCUT2D eigenvalue weighted by Crippen LogP contribution is -2.36. The van der Waals surface area contributed by atoms with Gasteiger partial charge in [-0.3, -0.25) is 19.3 Å². The maximum absolute atomic E-state index is 14.0. The van der Waals surface area contributed by atoms with E-state index < -0.39 is 29.6 Å². The van der Waals surface area contributed by atoms with E-state index in [0.717, 1.165) is 11.3 Å².